The normalized spacial score (nSPS) is 19.0. The van der Waals surface area contributed by atoms with E-state index in [9.17, 15) is 19.7 Å². The summed E-state index contributed by atoms with van der Waals surface area (Å²) in [4.78, 5) is 41.4. The molecule has 0 atom stereocenters. The smallest absolute Gasteiger partial charge is 0.269 e. The molecule has 2 aliphatic carbocycles. The quantitative estimate of drug-likeness (QED) is 0.172. The van der Waals surface area contributed by atoms with Crippen molar-refractivity contribution < 1.29 is 24.0 Å². The third-order valence-corrected chi connectivity index (χ3v) is 9.35. The summed E-state index contributed by atoms with van der Waals surface area (Å²) in [6.07, 6.45) is 2.30. The lowest BCUT2D eigenvalue weighted by Gasteiger charge is -2.49. The van der Waals surface area contributed by atoms with Gasteiger partial charge in [0.25, 0.3) is 5.69 Å². The Bertz CT molecular complexity index is 1730. The zero-order chi connectivity index (χ0) is 33.5. The van der Waals surface area contributed by atoms with Crippen LogP contribution in [0.2, 0.25) is 0 Å². The van der Waals surface area contributed by atoms with Crippen LogP contribution in [0.25, 0.3) is 0 Å². The number of Topliss-reactive ketones (excluding diaryl/α,β-unsaturated/α-hetero) is 2. The van der Waals surface area contributed by atoms with Gasteiger partial charge in [-0.15, -0.1) is 0 Å². The second kappa shape index (κ2) is 12.5. The van der Waals surface area contributed by atoms with Gasteiger partial charge >= 0.3 is 0 Å². The summed E-state index contributed by atoms with van der Waals surface area (Å²) in [5.41, 5.74) is 5.79. The van der Waals surface area contributed by atoms with Crippen molar-refractivity contribution in [2.45, 2.75) is 79.4 Å². The molecule has 0 amide bonds. The van der Waals surface area contributed by atoms with Crippen LogP contribution in [0.3, 0.4) is 0 Å². The van der Waals surface area contributed by atoms with Crippen molar-refractivity contribution in [1.82, 2.24) is 4.90 Å². The Morgan fingerprint density at radius 1 is 0.766 bits per heavy atom. The first kappa shape index (κ1) is 32.2. The van der Waals surface area contributed by atoms with Crippen molar-refractivity contribution in [2.75, 3.05) is 6.61 Å². The maximum absolute atomic E-state index is 14.2. The summed E-state index contributed by atoms with van der Waals surface area (Å²) >= 11 is 0. The molecule has 0 fully saturated rings. The number of ether oxygens (including phenoxy) is 2. The van der Waals surface area contributed by atoms with Crippen LogP contribution >= 0.6 is 0 Å². The van der Waals surface area contributed by atoms with Crippen LogP contribution in [-0.4, -0.2) is 28.0 Å². The van der Waals surface area contributed by atoms with Gasteiger partial charge in [-0.25, -0.2) is 0 Å². The van der Waals surface area contributed by atoms with E-state index in [0.717, 1.165) is 40.9 Å². The minimum absolute atomic E-state index is 0.0200. The molecule has 3 aromatic rings. The number of nitro groups is 1. The Hall–Kier alpha value is -4.72. The summed E-state index contributed by atoms with van der Waals surface area (Å²) in [7, 11) is 0. The highest BCUT2D eigenvalue weighted by atomic mass is 16.6. The Kier molecular flexibility index (Phi) is 8.55. The van der Waals surface area contributed by atoms with Crippen LogP contribution < -0.4 is 9.47 Å². The van der Waals surface area contributed by atoms with Crippen molar-refractivity contribution in [3.63, 3.8) is 0 Å². The molecule has 0 radical (unpaired) electrons. The Morgan fingerprint density at radius 3 is 1.91 bits per heavy atom. The monoisotopic (exact) mass is 634 g/mol. The molecule has 1 aliphatic heterocycles. The molecule has 8 nitrogen and oxygen atoms in total. The molecule has 1 heterocycles. The lowest BCUT2D eigenvalue weighted by molar-refractivity contribution is -0.384. The third kappa shape index (κ3) is 6.59. The fourth-order valence-electron chi connectivity index (χ4n) is 7.30. The highest BCUT2D eigenvalue weighted by molar-refractivity contribution is 6.06. The average molecular weight is 635 g/mol. The van der Waals surface area contributed by atoms with E-state index in [-0.39, 0.29) is 34.7 Å². The number of carbonyl (C=O) groups excluding carboxylic acids is 2. The lowest BCUT2D eigenvalue weighted by Crippen LogP contribution is -2.44. The first-order valence-corrected chi connectivity index (χ1v) is 16.3. The van der Waals surface area contributed by atoms with Crippen LogP contribution in [0.1, 0.15) is 82.9 Å². The van der Waals surface area contributed by atoms with Crippen molar-refractivity contribution in [3.05, 3.63) is 122 Å². The molecular weight excluding hydrogens is 592 g/mol. The molecule has 244 valence electrons. The summed E-state index contributed by atoms with van der Waals surface area (Å²) in [6, 6.07) is 22.2. The number of non-ortho nitro benzene ring substituents is 1. The number of nitro benzene ring substituents is 1. The minimum Gasteiger partial charge on any atom is -0.490 e. The van der Waals surface area contributed by atoms with E-state index in [4.69, 9.17) is 9.47 Å². The minimum atomic E-state index is -0.498. The van der Waals surface area contributed by atoms with Gasteiger partial charge in [-0.1, -0.05) is 64.1 Å². The van der Waals surface area contributed by atoms with Crippen LogP contribution in [0.5, 0.6) is 11.5 Å². The molecule has 0 aromatic heterocycles. The highest BCUT2D eigenvalue weighted by Crippen LogP contribution is 2.55. The van der Waals surface area contributed by atoms with Gasteiger partial charge < -0.3 is 14.4 Å². The van der Waals surface area contributed by atoms with Crippen molar-refractivity contribution in [2.24, 2.45) is 10.8 Å². The first-order chi connectivity index (χ1) is 22.4. The lowest BCUT2D eigenvalue weighted by atomic mass is 9.63. The zero-order valence-corrected chi connectivity index (χ0v) is 27.8. The molecule has 8 heteroatoms. The fourth-order valence-corrected chi connectivity index (χ4v) is 7.30. The standard InChI is InChI=1S/C39H42N2O6/c1-6-46-34-18-27(14-17-33(34)47-24-26-12-15-28(16-13-26)41(44)45)35-36-29(19-38(2,3)21-31(36)42)40(23-25-10-8-7-9-11-25)30-20-39(4,5)22-32(43)37(30)35/h7-18,35H,6,19-24H2,1-5H3. The topological polar surface area (TPSA) is 99.0 Å². The molecule has 47 heavy (non-hydrogen) atoms. The van der Waals surface area contributed by atoms with Gasteiger partial charge in [0.2, 0.25) is 0 Å². The van der Waals surface area contributed by atoms with E-state index in [2.05, 4.69) is 44.7 Å². The van der Waals surface area contributed by atoms with E-state index in [1.807, 2.05) is 43.3 Å². The van der Waals surface area contributed by atoms with Gasteiger partial charge in [0.15, 0.2) is 23.1 Å². The van der Waals surface area contributed by atoms with E-state index in [0.29, 0.717) is 48.6 Å². The van der Waals surface area contributed by atoms with Crippen LogP contribution in [0.4, 0.5) is 5.69 Å². The van der Waals surface area contributed by atoms with Gasteiger partial charge in [0.1, 0.15) is 6.61 Å². The van der Waals surface area contributed by atoms with Crippen LogP contribution in [0, 0.1) is 20.9 Å². The van der Waals surface area contributed by atoms with E-state index in [1.54, 1.807) is 12.1 Å². The van der Waals surface area contributed by atoms with Gasteiger partial charge in [0.05, 0.1) is 11.5 Å². The molecule has 3 aromatic carbocycles. The third-order valence-electron chi connectivity index (χ3n) is 9.35. The molecule has 0 bridgehead atoms. The second-order valence-electron chi connectivity index (χ2n) is 14.5. The summed E-state index contributed by atoms with van der Waals surface area (Å²) in [5, 5.41) is 11.1. The zero-order valence-electron chi connectivity index (χ0n) is 27.8. The molecule has 3 aliphatic rings. The maximum atomic E-state index is 14.2. The predicted molar refractivity (Wildman–Crippen MR) is 180 cm³/mol. The van der Waals surface area contributed by atoms with Crippen molar-refractivity contribution in [3.8, 4) is 11.5 Å². The van der Waals surface area contributed by atoms with E-state index < -0.39 is 10.8 Å². The van der Waals surface area contributed by atoms with E-state index in [1.165, 1.54) is 12.1 Å². The Balaban J connectivity index is 1.45. The van der Waals surface area contributed by atoms with Gasteiger partial charge in [0, 0.05) is 60.0 Å². The Labute approximate surface area is 276 Å². The number of allylic oxidation sites excluding steroid dienone is 4. The highest BCUT2D eigenvalue weighted by Gasteiger charge is 2.49. The molecule has 0 saturated carbocycles. The first-order valence-electron chi connectivity index (χ1n) is 16.3. The fraction of sp³-hybridized carbons (Fsp3) is 0.385. The number of ketones is 2. The number of hydrogen-bond donors (Lipinski definition) is 0. The summed E-state index contributed by atoms with van der Waals surface area (Å²) in [5.74, 6) is 0.711. The number of hydrogen-bond acceptors (Lipinski definition) is 7. The molecule has 0 N–H and O–H groups in total. The van der Waals surface area contributed by atoms with Gasteiger partial charge in [-0.2, -0.15) is 0 Å². The number of nitrogens with zero attached hydrogens (tertiary/aromatic N) is 2. The summed E-state index contributed by atoms with van der Waals surface area (Å²) < 4.78 is 12.2. The molecular formula is C39H42N2O6. The number of carbonyl (C=O) groups is 2. The predicted octanol–water partition coefficient (Wildman–Crippen LogP) is 8.46. The second-order valence-corrected chi connectivity index (χ2v) is 14.5. The van der Waals surface area contributed by atoms with Crippen LogP contribution in [0.15, 0.2) is 95.3 Å². The molecule has 6 rings (SSSR count). The van der Waals surface area contributed by atoms with Crippen LogP contribution in [-0.2, 0) is 22.7 Å². The largest absolute Gasteiger partial charge is 0.490 e. The average Bonchev–Trinajstić information content (AvgIpc) is 3.01. The molecule has 0 saturated heterocycles. The van der Waals surface area contributed by atoms with Crippen molar-refractivity contribution >= 4 is 17.3 Å². The Morgan fingerprint density at radius 2 is 1.36 bits per heavy atom. The molecule has 0 unspecified atom stereocenters. The SMILES string of the molecule is CCOc1cc(C2C3=C(CC(C)(C)CC3=O)N(Cc3ccccc3)C3=C2C(=O)CC(C)(C)C3)ccc1OCc1ccc([N+](=O)[O-])cc1. The number of rotatable bonds is 9. The maximum Gasteiger partial charge on any atom is 0.269 e. The molecule has 0 spiro atoms. The van der Waals surface area contributed by atoms with Gasteiger partial charge in [-0.05, 0) is 71.6 Å². The van der Waals surface area contributed by atoms with Gasteiger partial charge in [-0.3, -0.25) is 19.7 Å². The number of benzene rings is 3. The summed E-state index contributed by atoms with van der Waals surface area (Å²) in [6.45, 7) is 11.7. The van der Waals surface area contributed by atoms with Crippen molar-refractivity contribution in [1.29, 1.82) is 0 Å². The van der Waals surface area contributed by atoms with E-state index >= 15 is 0 Å².